The Morgan fingerprint density at radius 1 is 1.10 bits per heavy atom. The van der Waals surface area contributed by atoms with Gasteiger partial charge in [0.15, 0.2) is 6.79 Å². The molecule has 0 bridgehead atoms. The van der Waals surface area contributed by atoms with Gasteiger partial charge in [-0.05, 0) is 53.8 Å². The van der Waals surface area contributed by atoms with Gasteiger partial charge in [-0.3, -0.25) is 0 Å². The standard InChI is InChI=1S/C18H17ClO2/c19-9-1-2-14-5-6-17-11-18(8-7-16(17)10-14)21-13-20-12-15-3-4-15/h5-8,10-11,15H,3-4,9,12-13H2. The van der Waals surface area contributed by atoms with Crippen molar-refractivity contribution in [1.82, 2.24) is 0 Å². The molecule has 3 rings (SSSR count). The van der Waals surface area contributed by atoms with E-state index in [0.29, 0.717) is 12.7 Å². The summed E-state index contributed by atoms with van der Waals surface area (Å²) in [5, 5.41) is 2.27. The SMILES string of the molecule is ClCC#Cc1ccc2cc(OCOCC3CC3)ccc2c1. The Morgan fingerprint density at radius 2 is 1.90 bits per heavy atom. The highest BCUT2D eigenvalue weighted by Crippen LogP contribution is 2.29. The molecule has 0 aromatic heterocycles. The van der Waals surface area contributed by atoms with Crippen molar-refractivity contribution in [1.29, 1.82) is 0 Å². The van der Waals surface area contributed by atoms with Crippen molar-refractivity contribution in [3.8, 4) is 17.6 Å². The van der Waals surface area contributed by atoms with Crippen LogP contribution in [0, 0.1) is 17.8 Å². The highest BCUT2D eigenvalue weighted by atomic mass is 35.5. The van der Waals surface area contributed by atoms with Crippen LogP contribution in [0.2, 0.25) is 0 Å². The fourth-order valence-electron chi connectivity index (χ4n) is 2.14. The van der Waals surface area contributed by atoms with Gasteiger partial charge in [0.25, 0.3) is 0 Å². The summed E-state index contributed by atoms with van der Waals surface area (Å²) < 4.78 is 11.1. The van der Waals surface area contributed by atoms with Crippen LogP contribution in [0.1, 0.15) is 18.4 Å². The smallest absolute Gasteiger partial charge is 0.189 e. The Kier molecular flexibility index (Phi) is 4.65. The molecule has 21 heavy (non-hydrogen) atoms. The van der Waals surface area contributed by atoms with E-state index in [4.69, 9.17) is 21.1 Å². The van der Waals surface area contributed by atoms with E-state index >= 15 is 0 Å². The molecule has 0 spiro atoms. The van der Waals surface area contributed by atoms with Gasteiger partial charge < -0.3 is 9.47 Å². The van der Waals surface area contributed by atoms with Crippen LogP contribution in [-0.4, -0.2) is 19.3 Å². The summed E-state index contributed by atoms with van der Waals surface area (Å²) in [5.41, 5.74) is 0.976. The van der Waals surface area contributed by atoms with Crippen molar-refractivity contribution >= 4 is 22.4 Å². The van der Waals surface area contributed by atoms with Gasteiger partial charge >= 0.3 is 0 Å². The van der Waals surface area contributed by atoms with E-state index < -0.39 is 0 Å². The quantitative estimate of drug-likeness (QED) is 0.357. The second kappa shape index (κ2) is 6.85. The fourth-order valence-corrected chi connectivity index (χ4v) is 2.20. The van der Waals surface area contributed by atoms with Crippen LogP contribution >= 0.6 is 11.6 Å². The number of fused-ring (bicyclic) bond motifs is 1. The van der Waals surface area contributed by atoms with Crippen molar-refractivity contribution in [2.24, 2.45) is 5.92 Å². The molecule has 2 aromatic carbocycles. The molecule has 2 nitrogen and oxygen atoms in total. The van der Waals surface area contributed by atoms with Crippen LogP contribution in [-0.2, 0) is 4.74 Å². The molecule has 1 saturated carbocycles. The molecule has 108 valence electrons. The summed E-state index contributed by atoms with van der Waals surface area (Å²) in [7, 11) is 0. The third-order valence-corrected chi connectivity index (χ3v) is 3.60. The van der Waals surface area contributed by atoms with Crippen molar-refractivity contribution in [2.75, 3.05) is 19.3 Å². The zero-order valence-corrected chi connectivity index (χ0v) is 12.5. The molecular weight excluding hydrogens is 284 g/mol. The molecule has 0 aliphatic heterocycles. The second-order valence-electron chi connectivity index (χ2n) is 5.24. The fraction of sp³-hybridized carbons (Fsp3) is 0.333. The first-order valence-electron chi connectivity index (χ1n) is 7.14. The summed E-state index contributed by atoms with van der Waals surface area (Å²) in [6.45, 7) is 1.14. The predicted octanol–water partition coefficient (Wildman–Crippen LogP) is 4.19. The normalized spacial score (nSPS) is 13.8. The first kappa shape index (κ1) is 14.3. The summed E-state index contributed by atoms with van der Waals surface area (Å²) in [4.78, 5) is 0. The molecule has 0 N–H and O–H groups in total. The van der Waals surface area contributed by atoms with Gasteiger partial charge in [0.2, 0.25) is 0 Å². The number of alkyl halides is 1. The summed E-state index contributed by atoms with van der Waals surface area (Å²) in [6.07, 6.45) is 2.59. The Morgan fingerprint density at radius 3 is 2.71 bits per heavy atom. The van der Waals surface area contributed by atoms with E-state index in [0.717, 1.165) is 34.6 Å². The number of benzene rings is 2. The molecule has 0 unspecified atom stereocenters. The largest absolute Gasteiger partial charge is 0.468 e. The van der Waals surface area contributed by atoms with E-state index in [9.17, 15) is 0 Å². The summed E-state index contributed by atoms with van der Waals surface area (Å²) >= 11 is 5.57. The van der Waals surface area contributed by atoms with Crippen LogP contribution in [0.3, 0.4) is 0 Å². The lowest BCUT2D eigenvalue weighted by atomic mass is 10.1. The number of halogens is 1. The highest BCUT2D eigenvalue weighted by molar-refractivity contribution is 6.19. The molecule has 0 heterocycles. The molecule has 0 amide bonds. The van der Waals surface area contributed by atoms with Crippen LogP contribution in [0.25, 0.3) is 10.8 Å². The van der Waals surface area contributed by atoms with Crippen molar-refractivity contribution < 1.29 is 9.47 Å². The number of ether oxygens (including phenoxy) is 2. The van der Waals surface area contributed by atoms with Gasteiger partial charge in [0.1, 0.15) is 5.75 Å². The average molecular weight is 301 g/mol. The summed E-state index contributed by atoms with van der Waals surface area (Å²) in [5.74, 6) is 7.84. The van der Waals surface area contributed by atoms with E-state index in [1.165, 1.54) is 12.8 Å². The second-order valence-corrected chi connectivity index (χ2v) is 5.50. The van der Waals surface area contributed by atoms with Gasteiger partial charge in [-0.25, -0.2) is 0 Å². The lowest BCUT2D eigenvalue weighted by Crippen LogP contribution is -2.04. The van der Waals surface area contributed by atoms with Gasteiger partial charge in [0.05, 0.1) is 12.5 Å². The Hall–Kier alpha value is -1.69. The minimum atomic E-state index is 0.321. The third kappa shape index (κ3) is 4.14. The first-order chi connectivity index (χ1) is 10.3. The number of hydrogen-bond acceptors (Lipinski definition) is 2. The molecule has 1 aliphatic rings. The molecule has 1 fully saturated rings. The van der Waals surface area contributed by atoms with E-state index in [1.807, 2.05) is 30.3 Å². The Balaban J connectivity index is 1.64. The first-order valence-corrected chi connectivity index (χ1v) is 7.68. The maximum absolute atomic E-state index is 5.62. The average Bonchev–Trinajstić information content (AvgIpc) is 3.33. The minimum absolute atomic E-state index is 0.321. The Labute approximate surface area is 130 Å². The Bertz CT molecular complexity index is 680. The topological polar surface area (TPSA) is 18.5 Å². The molecule has 0 radical (unpaired) electrons. The molecule has 2 aromatic rings. The van der Waals surface area contributed by atoms with Crippen LogP contribution in [0.15, 0.2) is 36.4 Å². The predicted molar refractivity (Wildman–Crippen MR) is 85.7 cm³/mol. The highest BCUT2D eigenvalue weighted by Gasteiger charge is 2.21. The van der Waals surface area contributed by atoms with E-state index in [2.05, 4.69) is 17.9 Å². The van der Waals surface area contributed by atoms with Gasteiger partial charge in [0, 0.05) is 5.56 Å². The maximum atomic E-state index is 5.62. The molecule has 1 aliphatic carbocycles. The molecule has 0 saturated heterocycles. The van der Waals surface area contributed by atoms with Crippen molar-refractivity contribution in [3.63, 3.8) is 0 Å². The zero-order chi connectivity index (χ0) is 14.5. The van der Waals surface area contributed by atoms with E-state index in [1.54, 1.807) is 0 Å². The lowest BCUT2D eigenvalue weighted by molar-refractivity contribution is 0.0101. The van der Waals surface area contributed by atoms with Crippen LogP contribution in [0.5, 0.6) is 5.75 Å². The maximum Gasteiger partial charge on any atom is 0.189 e. The summed E-state index contributed by atoms with van der Waals surface area (Å²) in [6, 6.07) is 12.1. The lowest BCUT2D eigenvalue weighted by Gasteiger charge is -2.08. The number of hydrogen-bond donors (Lipinski definition) is 0. The van der Waals surface area contributed by atoms with Crippen LogP contribution in [0.4, 0.5) is 0 Å². The van der Waals surface area contributed by atoms with Crippen molar-refractivity contribution in [3.05, 3.63) is 42.0 Å². The molecular formula is C18H17ClO2. The van der Waals surface area contributed by atoms with Crippen molar-refractivity contribution in [2.45, 2.75) is 12.8 Å². The zero-order valence-electron chi connectivity index (χ0n) is 11.8. The molecule has 3 heteroatoms. The molecule has 0 atom stereocenters. The third-order valence-electron chi connectivity index (χ3n) is 3.47. The minimum Gasteiger partial charge on any atom is -0.468 e. The van der Waals surface area contributed by atoms with Gasteiger partial charge in [-0.15, -0.1) is 11.6 Å². The van der Waals surface area contributed by atoms with Crippen LogP contribution < -0.4 is 4.74 Å². The van der Waals surface area contributed by atoms with Gasteiger partial charge in [-0.2, -0.15) is 0 Å². The number of rotatable bonds is 5. The van der Waals surface area contributed by atoms with E-state index in [-0.39, 0.29) is 0 Å². The van der Waals surface area contributed by atoms with Gasteiger partial charge in [-0.1, -0.05) is 24.0 Å². The monoisotopic (exact) mass is 300 g/mol.